The van der Waals surface area contributed by atoms with Crippen molar-refractivity contribution in [2.75, 3.05) is 26.8 Å². The van der Waals surface area contributed by atoms with E-state index in [4.69, 9.17) is 14.2 Å². The third kappa shape index (κ3) is 4.23. The summed E-state index contributed by atoms with van der Waals surface area (Å²) >= 11 is 3.41. The van der Waals surface area contributed by atoms with Crippen LogP contribution in [0.1, 0.15) is 49.5 Å². The molecule has 1 spiro atoms. The predicted molar refractivity (Wildman–Crippen MR) is 104 cm³/mol. The Hall–Kier alpha value is -1.76. The van der Waals surface area contributed by atoms with Gasteiger partial charge in [0.1, 0.15) is 16.9 Å². The van der Waals surface area contributed by atoms with Gasteiger partial charge in [-0.1, -0.05) is 6.07 Å². The first-order valence-electron chi connectivity index (χ1n) is 9.15. The second-order valence-electron chi connectivity index (χ2n) is 8.34. The third-order valence-electron chi connectivity index (χ3n) is 5.14. The number of carbonyl (C=O) groups excluding carboxylic acids is 2. The van der Waals surface area contributed by atoms with Gasteiger partial charge in [-0.15, -0.1) is 0 Å². The number of halogens is 1. The third-order valence-corrected chi connectivity index (χ3v) is 5.80. The molecule has 3 rings (SSSR count). The predicted octanol–water partition coefficient (Wildman–Crippen LogP) is 4.19. The number of likely N-dealkylation sites (tertiary alicyclic amines) is 1. The molecular weight excluding hydrogens is 414 g/mol. The van der Waals surface area contributed by atoms with E-state index in [9.17, 15) is 9.59 Å². The molecular formula is C20H26BrNO5. The number of hydrogen-bond acceptors (Lipinski definition) is 5. The molecule has 0 bridgehead atoms. The van der Waals surface area contributed by atoms with Crippen LogP contribution in [0, 0.1) is 5.41 Å². The van der Waals surface area contributed by atoms with Crippen molar-refractivity contribution in [2.45, 2.75) is 45.6 Å². The Bertz CT molecular complexity index is 747. The largest absolute Gasteiger partial charge is 0.492 e. The number of hydrogen-bond donors (Lipinski definition) is 0. The van der Waals surface area contributed by atoms with Crippen LogP contribution in [0.3, 0.4) is 0 Å². The first kappa shape index (κ1) is 20.0. The van der Waals surface area contributed by atoms with Crippen LogP contribution < -0.4 is 4.74 Å². The summed E-state index contributed by atoms with van der Waals surface area (Å²) < 4.78 is 17.1. The lowest BCUT2D eigenvalue weighted by Crippen LogP contribution is -2.49. The van der Waals surface area contributed by atoms with Crippen LogP contribution in [-0.4, -0.2) is 49.4 Å². The Morgan fingerprint density at radius 1 is 1.22 bits per heavy atom. The van der Waals surface area contributed by atoms with Gasteiger partial charge in [0.2, 0.25) is 0 Å². The van der Waals surface area contributed by atoms with Crippen LogP contribution in [0.4, 0.5) is 4.79 Å². The molecule has 0 aromatic heterocycles. The highest BCUT2D eigenvalue weighted by Crippen LogP contribution is 2.44. The van der Waals surface area contributed by atoms with E-state index in [1.807, 2.05) is 32.9 Å². The van der Waals surface area contributed by atoms with Gasteiger partial charge >= 0.3 is 12.1 Å². The molecule has 0 saturated carbocycles. The molecule has 1 aromatic rings. The van der Waals surface area contributed by atoms with Gasteiger partial charge in [0.25, 0.3) is 0 Å². The van der Waals surface area contributed by atoms with E-state index in [-0.39, 0.29) is 11.5 Å². The van der Waals surface area contributed by atoms with Crippen LogP contribution >= 0.6 is 15.9 Å². The van der Waals surface area contributed by atoms with E-state index in [2.05, 4.69) is 15.9 Å². The number of rotatable bonds is 1. The van der Waals surface area contributed by atoms with E-state index in [1.165, 1.54) is 7.11 Å². The van der Waals surface area contributed by atoms with Crippen molar-refractivity contribution >= 4 is 28.0 Å². The molecule has 148 valence electrons. The fourth-order valence-electron chi connectivity index (χ4n) is 3.69. The van der Waals surface area contributed by atoms with Gasteiger partial charge in [0.15, 0.2) is 0 Å². The molecule has 0 radical (unpaired) electrons. The van der Waals surface area contributed by atoms with E-state index in [0.717, 1.165) is 24.8 Å². The maximum absolute atomic E-state index is 12.3. The first-order chi connectivity index (χ1) is 12.6. The second-order valence-corrected chi connectivity index (χ2v) is 9.19. The summed E-state index contributed by atoms with van der Waals surface area (Å²) in [5, 5.41) is 0. The zero-order valence-corrected chi connectivity index (χ0v) is 17.8. The minimum Gasteiger partial charge on any atom is -0.492 e. The van der Waals surface area contributed by atoms with Crippen molar-refractivity contribution in [3.8, 4) is 5.75 Å². The van der Waals surface area contributed by atoms with Gasteiger partial charge in [-0.05, 0) is 67.6 Å². The van der Waals surface area contributed by atoms with Gasteiger partial charge in [-0.2, -0.15) is 0 Å². The van der Waals surface area contributed by atoms with Crippen molar-refractivity contribution in [3.05, 3.63) is 27.7 Å². The van der Waals surface area contributed by atoms with Crippen LogP contribution in [0.25, 0.3) is 0 Å². The number of benzene rings is 1. The van der Waals surface area contributed by atoms with Gasteiger partial charge in [-0.3, -0.25) is 0 Å². The summed E-state index contributed by atoms with van der Waals surface area (Å²) in [4.78, 5) is 26.2. The average Bonchev–Trinajstić information content (AvgIpc) is 2.60. The summed E-state index contributed by atoms with van der Waals surface area (Å²) in [6.07, 6.45) is 2.25. The second kappa shape index (κ2) is 7.34. The normalized spacial score (nSPS) is 18.5. The van der Waals surface area contributed by atoms with Crippen LogP contribution in [-0.2, 0) is 15.9 Å². The molecule has 1 aromatic carbocycles. The number of nitrogens with zero attached hydrogens (tertiary/aromatic N) is 1. The van der Waals surface area contributed by atoms with Gasteiger partial charge in [-0.25, -0.2) is 9.59 Å². The minimum atomic E-state index is -0.489. The lowest BCUT2D eigenvalue weighted by Gasteiger charge is -2.44. The number of piperidine rings is 1. The molecule has 1 amide bonds. The Morgan fingerprint density at radius 2 is 1.89 bits per heavy atom. The van der Waals surface area contributed by atoms with Gasteiger partial charge < -0.3 is 19.1 Å². The monoisotopic (exact) mass is 439 g/mol. The molecule has 2 aliphatic rings. The highest BCUT2D eigenvalue weighted by atomic mass is 79.9. The molecule has 2 heterocycles. The maximum atomic E-state index is 12.3. The smallest absolute Gasteiger partial charge is 0.410 e. The van der Waals surface area contributed by atoms with Crippen molar-refractivity contribution in [1.82, 2.24) is 4.90 Å². The topological polar surface area (TPSA) is 65.1 Å². The number of fused-ring (bicyclic) bond motifs is 1. The van der Waals surface area contributed by atoms with E-state index < -0.39 is 11.6 Å². The summed E-state index contributed by atoms with van der Waals surface area (Å²) in [5.41, 5.74) is 0.940. The summed E-state index contributed by atoms with van der Waals surface area (Å²) in [5.74, 6) is 0.200. The molecule has 2 aliphatic heterocycles. The molecule has 6 nitrogen and oxygen atoms in total. The van der Waals surface area contributed by atoms with Crippen LogP contribution in [0.15, 0.2) is 16.6 Å². The zero-order valence-electron chi connectivity index (χ0n) is 16.3. The molecule has 0 aliphatic carbocycles. The summed E-state index contributed by atoms with van der Waals surface area (Å²) in [6.45, 7) is 7.45. The van der Waals surface area contributed by atoms with Crippen molar-refractivity contribution in [3.63, 3.8) is 0 Å². The highest BCUT2D eigenvalue weighted by molar-refractivity contribution is 9.10. The summed E-state index contributed by atoms with van der Waals surface area (Å²) in [6, 6.07) is 3.86. The molecule has 27 heavy (non-hydrogen) atoms. The Kier molecular flexibility index (Phi) is 5.43. The van der Waals surface area contributed by atoms with Crippen LogP contribution in [0.5, 0.6) is 5.75 Å². The number of amides is 1. The first-order valence-corrected chi connectivity index (χ1v) is 9.94. The van der Waals surface area contributed by atoms with Crippen molar-refractivity contribution in [1.29, 1.82) is 0 Å². The molecule has 0 unspecified atom stereocenters. The zero-order chi connectivity index (χ0) is 19.8. The lowest BCUT2D eigenvalue weighted by atomic mass is 9.73. The van der Waals surface area contributed by atoms with Crippen molar-refractivity contribution < 1.29 is 23.8 Å². The Morgan fingerprint density at radius 3 is 2.48 bits per heavy atom. The minimum absolute atomic E-state index is 0.0211. The number of carbonyl (C=O) groups is 2. The standard InChI is InChI=1S/C20H26BrNO5/c1-19(2,3)27-18(24)22-9-7-20(8-10-22)11-13-5-6-14(21)15(17(23)25-4)16(13)26-12-20/h5-6H,7-12H2,1-4H3. The average molecular weight is 440 g/mol. The quantitative estimate of drug-likeness (QED) is 0.613. The maximum Gasteiger partial charge on any atom is 0.410 e. The fourth-order valence-corrected chi connectivity index (χ4v) is 4.16. The highest BCUT2D eigenvalue weighted by Gasteiger charge is 2.42. The lowest BCUT2D eigenvalue weighted by molar-refractivity contribution is -0.00135. The van der Waals surface area contributed by atoms with E-state index >= 15 is 0 Å². The fraction of sp³-hybridized carbons (Fsp3) is 0.600. The Balaban J connectivity index is 1.72. The number of ether oxygens (including phenoxy) is 3. The molecule has 7 heteroatoms. The molecule has 0 N–H and O–H groups in total. The number of methoxy groups -OCH3 is 1. The Labute approximate surface area is 168 Å². The molecule has 1 saturated heterocycles. The van der Waals surface area contributed by atoms with Crippen LogP contribution in [0.2, 0.25) is 0 Å². The summed E-state index contributed by atoms with van der Waals surface area (Å²) in [7, 11) is 1.37. The SMILES string of the molecule is COC(=O)c1c(Br)ccc2c1OCC1(CCN(C(=O)OC(C)(C)C)CC1)C2. The molecule has 1 fully saturated rings. The van der Waals surface area contributed by atoms with Gasteiger partial charge in [0.05, 0.1) is 13.7 Å². The van der Waals surface area contributed by atoms with Gasteiger partial charge in [0, 0.05) is 23.0 Å². The molecule has 0 atom stereocenters. The van der Waals surface area contributed by atoms with E-state index in [1.54, 1.807) is 4.90 Å². The number of esters is 1. The van der Waals surface area contributed by atoms with E-state index in [0.29, 0.717) is 35.5 Å². The van der Waals surface area contributed by atoms with Crippen molar-refractivity contribution in [2.24, 2.45) is 5.41 Å².